The van der Waals surface area contributed by atoms with Gasteiger partial charge in [-0.2, -0.15) is 15.4 Å². The normalized spacial score (nSPS) is 12.3. The van der Waals surface area contributed by atoms with Gasteiger partial charge in [-0.1, -0.05) is 13.0 Å². The second-order valence-corrected chi connectivity index (χ2v) is 5.43. The minimum atomic E-state index is 0.161. The van der Waals surface area contributed by atoms with Gasteiger partial charge in [0.05, 0.1) is 29.5 Å². The summed E-state index contributed by atoms with van der Waals surface area (Å²) in [5.41, 5.74) is 2.15. The van der Waals surface area contributed by atoms with Crippen LogP contribution in [0.25, 0.3) is 0 Å². The summed E-state index contributed by atoms with van der Waals surface area (Å²) in [6.07, 6.45) is 3.71. The molecule has 2 N–H and O–H groups in total. The van der Waals surface area contributed by atoms with Crippen LogP contribution >= 0.6 is 15.9 Å². The maximum absolute atomic E-state index is 5.25. The van der Waals surface area contributed by atoms with E-state index in [-0.39, 0.29) is 6.04 Å². The standard InChI is InChI=1S/C14H19BrN4O/c1-3-6-16-12(13-9-17-19-18-13)8-10-4-5-14(20-2)11(15)7-10/h4-5,7,9,12,16H,3,6,8H2,1-2H3,(H,17,18,19). The van der Waals surface area contributed by atoms with Crippen molar-refractivity contribution in [2.24, 2.45) is 0 Å². The molecule has 0 amide bonds. The fourth-order valence-electron chi connectivity index (χ4n) is 2.05. The third-order valence-corrected chi connectivity index (χ3v) is 3.71. The minimum absolute atomic E-state index is 0.161. The highest BCUT2D eigenvalue weighted by atomic mass is 79.9. The number of hydrogen-bond donors (Lipinski definition) is 2. The van der Waals surface area contributed by atoms with E-state index < -0.39 is 0 Å². The molecule has 1 unspecified atom stereocenters. The number of rotatable bonds is 7. The molecule has 0 aliphatic carbocycles. The van der Waals surface area contributed by atoms with Gasteiger partial charge < -0.3 is 10.1 Å². The van der Waals surface area contributed by atoms with Crippen LogP contribution in [0.4, 0.5) is 0 Å². The molecule has 1 aromatic heterocycles. The van der Waals surface area contributed by atoms with Gasteiger partial charge in [0, 0.05) is 0 Å². The van der Waals surface area contributed by atoms with Gasteiger partial charge in [0.25, 0.3) is 0 Å². The quantitative estimate of drug-likeness (QED) is 0.814. The summed E-state index contributed by atoms with van der Waals surface area (Å²) < 4.78 is 6.22. The fraction of sp³-hybridized carbons (Fsp3) is 0.429. The number of hydrogen-bond acceptors (Lipinski definition) is 4. The molecule has 1 aromatic carbocycles. The highest BCUT2D eigenvalue weighted by Crippen LogP contribution is 2.27. The maximum Gasteiger partial charge on any atom is 0.133 e. The van der Waals surface area contributed by atoms with Crippen molar-refractivity contribution in [1.29, 1.82) is 0 Å². The Morgan fingerprint density at radius 2 is 2.30 bits per heavy atom. The van der Waals surface area contributed by atoms with Gasteiger partial charge in [-0.15, -0.1) is 0 Å². The SMILES string of the molecule is CCCNC(Cc1ccc(OC)c(Br)c1)c1cn[nH]n1. The number of H-pyrrole nitrogens is 1. The van der Waals surface area contributed by atoms with Crippen LogP contribution in [0.3, 0.4) is 0 Å². The van der Waals surface area contributed by atoms with Crippen molar-refractivity contribution in [1.82, 2.24) is 20.7 Å². The molecule has 5 nitrogen and oxygen atoms in total. The minimum Gasteiger partial charge on any atom is -0.496 e. The summed E-state index contributed by atoms with van der Waals surface area (Å²) in [5.74, 6) is 0.841. The van der Waals surface area contributed by atoms with Gasteiger partial charge in [0.1, 0.15) is 5.75 Å². The van der Waals surface area contributed by atoms with Crippen molar-refractivity contribution in [2.45, 2.75) is 25.8 Å². The molecule has 0 aliphatic rings. The van der Waals surface area contributed by atoms with Crippen LogP contribution in [0.15, 0.2) is 28.9 Å². The Morgan fingerprint density at radius 1 is 1.45 bits per heavy atom. The van der Waals surface area contributed by atoms with Gasteiger partial charge in [-0.25, -0.2) is 0 Å². The molecule has 20 heavy (non-hydrogen) atoms. The lowest BCUT2D eigenvalue weighted by Gasteiger charge is -2.16. The first kappa shape index (κ1) is 15.0. The van der Waals surface area contributed by atoms with Gasteiger partial charge in [0.2, 0.25) is 0 Å². The lowest BCUT2D eigenvalue weighted by molar-refractivity contribution is 0.412. The van der Waals surface area contributed by atoms with Crippen LogP contribution in [0, 0.1) is 0 Å². The number of methoxy groups -OCH3 is 1. The second kappa shape index (κ2) is 7.40. The van der Waals surface area contributed by atoms with Crippen molar-refractivity contribution >= 4 is 15.9 Å². The van der Waals surface area contributed by atoms with Gasteiger partial charge in [0.15, 0.2) is 0 Å². The molecule has 0 radical (unpaired) electrons. The summed E-state index contributed by atoms with van der Waals surface area (Å²) >= 11 is 3.52. The Hall–Kier alpha value is -1.40. The molecule has 0 aliphatic heterocycles. The first-order chi connectivity index (χ1) is 9.74. The first-order valence-corrected chi connectivity index (χ1v) is 7.45. The van der Waals surface area contributed by atoms with Gasteiger partial charge >= 0.3 is 0 Å². The van der Waals surface area contributed by atoms with E-state index >= 15 is 0 Å². The average Bonchev–Trinajstić information content (AvgIpc) is 2.97. The number of halogens is 1. The van der Waals surface area contributed by atoms with Crippen molar-refractivity contribution in [3.05, 3.63) is 40.1 Å². The zero-order chi connectivity index (χ0) is 14.4. The van der Waals surface area contributed by atoms with E-state index in [0.29, 0.717) is 0 Å². The van der Waals surface area contributed by atoms with Crippen molar-refractivity contribution in [2.75, 3.05) is 13.7 Å². The van der Waals surface area contributed by atoms with E-state index in [4.69, 9.17) is 4.74 Å². The zero-order valence-electron chi connectivity index (χ0n) is 11.7. The maximum atomic E-state index is 5.25. The van der Waals surface area contributed by atoms with Crippen LogP contribution in [-0.4, -0.2) is 29.1 Å². The number of aromatic nitrogens is 3. The summed E-state index contributed by atoms with van der Waals surface area (Å²) in [6, 6.07) is 6.29. The second-order valence-electron chi connectivity index (χ2n) is 4.57. The lowest BCUT2D eigenvalue weighted by atomic mass is 10.0. The molecule has 1 atom stereocenters. The number of nitrogens with zero attached hydrogens (tertiary/aromatic N) is 2. The molecule has 0 saturated carbocycles. The first-order valence-electron chi connectivity index (χ1n) is 6.66. The molecule has 108 valence electrons. The van der Waals surface area contributed by atoms with Crippen molar-refractivity contribution in [3.63, 3.8) is 0 Å². The predicted molar refractivity (Wildman–Crippen MR) is 81.8 cm³/mol. The molecule has 6 heteroatoms. The van der Waals surface area contributed by atoms with E-state index in [9.17, 15) is 0 Å². The van der Waals surface area contributed by atoms with E-state index in [0.717, 1.165) is 35.3 Å². The number of aromatic amines is 1. The highest BCUT2D eigenvalue weighted by molar-refractivity contribution is 9.10. The molecule has 1 heterocycles. The molecule has 2 rings (SSSR count). The number of benzene rings is 1. The molecule has 0 fully saturated rings. The van der Waals surface area contributed by atoms with Crippen LogP contribution in [0.1, 0.15) is 30.6 Å². The fourth-order valence-corrected chi connectivity index (χ4v) is 2.64. The Labute approximate surface area is 127 Å². The Bertz CT molecular complexity index is 530. The lowest BCUT2D eigenvalue weighted by Crippen LogP contribution is -2.24. The Kier molecular flexibility index (Phi) is 5.55. The van der Waals surface area contributed by atoms with Crippen molar-refractivity contribution in [3.8, 4) is 5.75 Å². The van der Waals surface area contributed by atoms with Gasteiger partial charge in [-0.3, -0.25) is 0 Å². The molecule has 2 aromatic rings. The van der Waals surface area contributed by atoms with Crippen LogP contribution in [0.5, 0.6) is 5.75 Å². The van der Waals surface area contributed by atoms with E-state index in [2.05, 4.69) is 55.7 Å². The monoisotopic (exact) mass is 338 g/mol. The van der Waals surface area contributed by atoms with Gasteiger partial charge in [-0.05, 0) is 53.0 Å². The molecular formula is C14H19BrN4O. The zero-order valence-corrected chi connectivity index (χ0v) is 13.3. The van der Waals surface area contributed by atoms with Crippen molar-refractivity contribution < 1.29 is 4.74 Å². The van der Waals surface area contributed by atoms with Crippen LogP contribution in [-0.2, 0) is 6.42 Å². The third-order valence-electron chi connectivity index (χ3n) is 3.09. The number of nitrogens with one attached hydrogen (secondary N) is 2. The summed E-state index contributed by atoms with van der Waals surface area (Å²) in [5, 5.41) is 14.3. The smallest absolute Gasteiger partial charge is 0.133 e. The molecule has 0 saturated heterocycles. The number of ether oxygens (including phenoxy) is 1. The highest BCUT2D eigenvalue weighted by Gasteiger charge is 2.15. The van der Waals surface area contributed by atoms with E-state index in [1.807, 2.05) is 6.07 Å². The molecular weight excluding hydrogens is 320 g/mol. The van der Waals surface area contributed by atoms with E-state index in [1.54, 1.807) is 13.3 Å². The summed E-state index contributed by atoms with van der Waals surface area (Å²) in [6.45, 7) is 3.10. The topological polar surface area (TPSA) is 62.8 Å². The van der Waals surface area contributed by atoms with Crippen LogP contribution < -0.4 is 10.1 Å². The van der Waals surface area contributed by atoms with E-state index in [1.165, 1.54) is 5.56 Å². The third kappa shape index (κ3) is 3.80. The largest absolute Gasteiger partial charge is 0.496 e. The Morgan fingerprint density at radius 3 is 2.90 bits per heavy atom. The summed E-state index contributed by atoms with van der Waals surface area (Å²) in [4.78, 5) is 0. The predicted octanol–water partition coefficient (Wildman–Crippen LogP) is 2.86. The molecule has 0 bridgehead atoms. The molecule has 0 spiro atoms. The van der Waals surface area contributed by atoms with Crippen LogP contribution in [0.2, 0.25) is 0 Å². The average molecular weight is 339 g/mol. The summed E-state index contributed by atoms with van der Waals surface area (Å²) in [7, 11) is 1.67. The Balaban J connectivity index is 2.13.